The van der Waals surface area contributed by atoms with Crippen LogP contribution in [0.25, 0.3) is 16.9 Å². The molecule has 0 fully saturated rings. The van der Waals surface area contributed by atoms with Gasteiger partial charge in [-0.05, 0) is 30.3 Å². The highest BCUT2D eigenvalue weighted by Gasteiger charge is 2.10. The maximum Gasteiger partial charge on any atom is 0.165 e. The number of para-hydroxylation sites is 1. The van der Waals surface area contributed by atoms with Crippen LogP contribution in [0.5, 0.6) is 5.75 Å². The SMILES string of the molecule is Oc1ccc(-c2cnnn2-c2ccccc2)cc1F. The van der Waals surface area contributed by atoms with Crippen molar-refractivity contribution in [2.75, 3.05) is 0 Å². The van der Waals surface area contributed by atoms with Crippen molar-refractivity contribution in [3.05, 3.63) is 60.5 Å². The third-order valence-electron chi connectivity index (χ3n) is 2.79. The van der Waals surface area contributed by atoms with E-state index in [1.807, 2.05) is 30.3 Å². The number of aromatic nitrogens is 3. The summed E-state index contributed by atoms with van der Waals surface area (Å²) >= 11 is 0. The summed E-state index contributed by atoms with van der Waals surface area (Å²) in [5, 5.41) is 17.1. The van der Waals surface area contributed by atoms with Crippen LogP contribution in [0, 0.1) is 5.82 Å². The average molecular weight is 255 g/mol. The van der Waals surface area contributed by atoms with E-state index in [4.69, 9.17) is 0 Å². The minimum absolute atomic E-state index is 0.373. The number of hydrogen-bond donors (Lipinski definition) is 1. The lowest BCUT2D eigenvalue weighted by molar-refractivity contribution is 0.432. The van der Waals surface area contributed by atoms with Crippen LogP contribution in [-0.4, -0.2) is 20.1 Å². The number of hydrogen-bond acceptors (Lipinski definition) is 3. The molecule has 0 aliphatic carbocycles. The molecule has 1 aromatic heterocycles. The number of phenolic OH excluding ortho intramolecular Hbond substituents is 1. The Labute approximate surface area is 108 Å². The zero-order valence-corrected chi connectivity index (χ0v) is 9.86. The number of halogens is 1. The van der Waals surface area contributed by atoms with Gasteiger partial charge in [-0.25, -0.2) is 9.07 Å². The van der Waals surface area contributed by atoms with Crippen LogP contribution in [0.2, 0.25) is 0 Å². The Morgan fingerprint density at radius 2 is 1.84 bits per heavy atom. The quantitative estimate of drug-likeness (QED) is 0.766. The van der Waals surface area contributed by atoms with Crippen molar-refractivity contribution < 1.29 is 9.50 Å². The van der Waals surface area contributed by atoms with Gasteiger partial charge in [-0.2, -0.15) is 0 Å². The van der Waals surface area contributed by atoms with Gasteiger partial charge >= 0.3 is 0 Å². The smallest absolute Gasteiger partial charge is 0.165 e. The van der Waals surface area contributed by atoms with E-state index in [0.717, 1.165) is 5.69 Å². The van der Waals surface area contributed by atoms with Gasteiger partial charge in [0.1, 0.15) is 0 Å². The molecule has 0 unspecified atom stereocenters. The average Bonchev–Trinajstić information content (AvgIpc) is 2.92. The van der Waals surface area contributed by atoms with Crippen LogP contribution in [0.1, 0.15) is 0 Å². The first-order valence-corrected chi connectivity index (χ1v) is 5.71. The molecule has 0 saturated carbocycles. The highest BCUT2D eigenvalue weighted by Crippen LogP contribution is 2.25. The number of rotatable bonds is 2. The summed E-state index contributed by atoms with van der Waals surface area (Å²) < 4.78 is 15.0. The fourth-order valence-corrected chi connectivity index (χ4v) is 1.86. The number of nitrogens with zero attached hydrogens (tertiary/aromatic N) is 3. The van der Waals surface area contributed by atoms with Crippen molar-refractivity contribution in [2.45, 2.75) is 0 Å². The molecular formula is C14H10FN3O. The molecule has 0 atom stereocenters. The first-order chi connectivity index (χ1) is 9.25. The molecule has 2 aromatic carbocycles. The van der Waals surface area contributed by atoms with Crippen LogP contribution in [0.4, 0.5) is 4.39 Å². The molecule has 0 bridgehead atoms. The van der Waals surface area contributed by atoms with Crippen molar-refractivity contribution in [3.8, 4) is 22.7 Å². The van der Waals surface area contributed by atoms with Crippen LogP contribution in [-0.2, 0) is 0 Å². The molecule has 0 aliphatic heterocycles. The third-order valence-corrected chi connectivity index (χ3v) is 2.79. The van der Waals surface area contributed by atoms with E-state index in [0.29, 0.717) is 11.3 Å². The summed E-state index contributed by atoms with van der Waals surface area (Å²) in [7, 11) is 0. The second-order valence-corrected chi connectivity index (χ2v) is 4.03. The summed E-state index contributed by atoms with van der Waals surface area (Å²) in [4.78, 5) is 0. The molecule has 4 nitrogen and oxygen atoms in total. The molecule has 5 heteroatoms. The summed E-state index contributed by atoms with van der Waals surface area (Å²) in [5.41, 5.74) is 2.10. The van der Waals surface area contributed by atoms with E-state index in [2.05, 4.69) is 10.3 Å². The minimum atomic E-state index is -0.668. The Kier molecular flexibility index (Phi) is 2.72. The number of benzene rings is 2. The largest absolute Gasteiger partial charge is 0.505 e. The van der Waals surface area contributed by atoms with Crippen molar-refractivity contribution in [1.29, 1.82) is 0 Å². The Bertz CT molecular complexity index is 710. The maximum absolute atomic E-state index is 13.4. The van der Waals surface area contributed by atoms with Crippen LogP contribution in [0.3, 0.4) is 0 Å². The monoisotopic (exact) mass is 255 g/mol. The topological polar surface area (TPSA) is 50.9 Å². The van der Waals surface area contributed by atoms with Gasteiger partial charge in [0.15, 0.2) is 11.6 Å². The fraction of sp³-hybridized carbons (Fsp3) is 0. The van der Waals surface area contributed by atoms with Crippen molar-refractivity contribution in [3.63, 3.8) is 0 Å². The molecule has 0 radical (unpaired) electrons. The Morgan fingerprint density at radius 3 is 2.58 bits per heavy atom. The second kappa shape index (κ2) is 4.53. The molecule has 94 valence electrons. The fourth-order valence-electron chi connectivity index (χ4n) is 1.86. The summed E-state index contributed by atoms with van der Waals surface area (Å²) in [6.45, 7) is 0. The van der Waals surface area contributed by atoms with E-state index in [1.165, 1.54) is 12.1 Å². The molecule has 0 aliphatic rings. The highest BCUT2D eigenvalue weighted by molar-refractivity contribution is 5.62. The standard InChI is InChI=1S/C14H10FN3O/c15-12-8-10(6-7-14(12)19)13-9-16-17-18(13)11-4-2-1-3-5-11/h1-9,19H. The zero-order chi connectivity index (χ0) is 13.2. The first-order valence-electron chi connectivity index (χ1n) is 5.71. The van der Waals surface area contributed by atoms with Gasteiger partial charge in [0.05, 0.1) is 17.6 Å². The van der Waals surface area contributed by atoms with Gasteiger partial charge in [0, 0.05) is 5.56 Å². The maximum atomic E-state index is 13.4. The third kappa shape index (κ3) is 2.06. The Morgan fingerprint density at radius 1 is 1.05 bits per heavy atom. The summed E-state index contributed by atoms with van der Waals surface area (Å²) in [6.07, 6.45) is 1.55. The second-order valence-electron chi connectivity index (χ2n) is 4.03. The summed E-state index contributed by atoms with van der Waals surface area (Å²) in [5.74, 6) is -1.04. The molecular weight excluding hydrogens is 245 g/mol. The lowest BCUT2D eigenvalue weighted by atomic mass is 10.1. The van der Waals surface area contributed by atoms with Crippen molar-refractivity contribution >= 4 is 0 Å². The van der Waals surface area contributed by atoms with E-state index in [-0.39, 0.29) is 5.75 Å². The molecule has 1 N–H and O–H groups in total. The predicted octanol–water partition coefficient (Wildman–Crippen LogP) is 2.78. The number of phenols is 1. The van der Waals surface area contributed by atoms with E-state index in [1.54, 1.807) is 16.9 Å². The Hall–Kier alpha value is -2.69. The molecule has 3 rings (SSSR count). The molecule has 3 aromatic rings. The van der Waals surface area contributed by atoms with Gasteiger partial charge in [-0.1, -0.05) is 23.4 Å². The van der Waals surface area contributed by atoms with Gasteiger partial charge < -0.3 is 5.11 Å². The molecule has 19 heavy (non-hydrogen) atoms. The Balaban J connectivity index is 2.12. The van der Waals surface area contributed by atoms with Gasteiger partial charge in [0.2, 0.25) is 0 Å². The van der Waals surface area contributed by atoms with Crippen LogP contribution < -0.4 is 0 Å². The molecule has 0 spiro atoms. The van der Waals surface area contributed by atoms with Crippen molar-refractivity contribution in [2.24, 2.45) is 0 Å². The molecule has 0 amide bonds. The van der Waals surface area contributed by atoms with E-state index >= 15 is 0 Å². The van der Waals surface area contributed by atoms with Gasteiger partial charge in [-0.3, -0.25) is 0 Å². The zero-order valence-electron chi connectivity index (χ0n) is 9.86. The van der Waals surface area contributed by atoms with E-state index in [9.17, 15) is 9.50 Å². The predicted molar refractivity (Wildman–Crippen MR) is 68.4 cm³/mol. The summed E-state index contributed by atoms with van der Waals surface area (Å²) in [6, 6.07) is 13.6. The molecule has 1 heterocycles. The van der Waals surface area contributed by atoms with Gasteiger partial charge in [-0.15, -0.1) is 5.10 Å². The van der Waals surface area contributed by atoms with Crippen LogP contribution in [0.15, 0.2) is 54.7 Å². The molecule has 0 saturated heterocycles. The normalized spacial score (nSPS) is 10.6. The minimum Gasteiger partial charge on any atom is -0.505 e. The van der Waals surface area contributed by atoms with Crippen molar-refractivity contribution in [1.82, 2.24) is 15.0 Å². The highest BCUT2D eigenvalue weighted by atomic mass is 19.1. The first kappa shape index (κ1) is 11.4. The van der Waals surface area contributed by atoms with Gasteiger partial charge in [0.25, 0.3) is 0 Å². The lowest BCUT2D eigenvalue weighted by Crippen LogP contribution is -1.99. The van der Waals surface area contributed by atoms with E-state index < -0.39 is 5.82 Å². The van der Waals surface area contributed by atoms with Crippen LogP contribution >= 0.6 is 0 Å². The number of aromatic hydroxyl groups is 1. The lowest BCUT2D eigenvalue weighted by Gasteiger charge is -2.06.